The molecule has 0 aliphatic rings. The van der Waals surface area contributed by atoms with Crippen molar-refractivity contribution in [2.45, 2.75) is 11.0 Å². The highest BCUT2D eigenvalue weighted by atomic mass is 35.5. The van der Waals surface area contributed by atoms with Crippen LogP contribution in [0.15, 0.2) is 29.2 Å². The molecule has 1 atom stereocenters. The molecule has 0 saturated heterocycles. The summed E-state index contributed by atoms with van der Waals surface area (Å²) in [6.07, 6.45) is -1.22. The quantitative estimate of drug-likeness (QED) is 0.754. The zero-order valence-electron chi connectivity index (χ0n) is 8.21. The average molecular weight is 267 g/mol. The van der Waals surface area contributed by atoms with Gasteiger partial charge in [0.1, 0.15) is 6.10 Å². The average Bonchev–Trinajstić information content (AvgIpc) is 2.26. The van der Waals surface area contributed by atoms with E-state index in [2.05, 4.69) is 4.18 Å². The van der Waals surface area contributed by atoms with Crippen molar-refractivity contribution in [1.29, 1.82) is 0 Å². The molecule has 0 aliphatic heterocycles. The molecule has 7 heteroatoms. The highest BCUT2D eigenvalue weighted by Crippen LogP contribution is 2.16. The first-order valence-corrected chi connectivity index (χ1v) is 6.18. The van der Waals surface area contributed by atoms with Gasteiger partial charge in [-0.2, -0.15) is 8.42 Å². The van der Waals surface area contributed by atoms with Crippen LogP contribution >= 0.6 is 11.6 Å². The Morgan fingerprint density at radius 3 is 2.38 bits per heavy atom. The van der Waals surface area contributed by atoms with Crippen LogP contribution < -0.4 is 0 Å². The van der Waals surface area contributed by atoms with Gasteiger partial charge in [-0.1, -0.05) is 11.6 Å². The maximum absolute atomic E-state index is 11.5. The van der Waals surface area contributed by atoms with Crippen LogP contribution in [0.3, 0.4) is 0 Å². The van der Waals surface area contributed by atoms with Crippen LogP contribution in [0.2, 0.25) is 5.02 Å². The second kappa shape index (κ2) is 5.60. The summed E-state index contributed by atoms with van der Waals surface area (Å²) in [6.45, 7) is -1.04. The van der Waals surface area contributed by atoms with E-state index in [0.717, 1.165) is 0 Å². The van der Waals surface area contributed by atoms with E-state index in [1.807, 2.05) is 0 Å². The number of hydrogen-bond donors (Lipinski definition) is 2. The largest absolute Gasteiger partial charge is 0.394 e. The minimum Gasteiger partial charge on any atom is -0.394 e. The fraction of sp³-hybridized carbons (Fsp3) is 0.333. The molecule has 0 heterocycles. The standard InChI is InChI=1S/C9H11ClO5S/c10-7-1-3-9(4-2-7)16(13,14)15-6-8(12)5-11/h1-4,8,11-12H,5-6H2. The summed E-state index contributed by atoms with van der Waals surface area (Å²) in [7, 11) is -3.91. The van der Waals surface area contributed by atoms with Gasteiger partial charge in [-0.25, -0.2) is 0 Å². The third-order valence-electron chi connectivity index (χ3n) is 1.73. The van der Waals surface area contributed by atoms with E-state index in [4.69, 9.17) is 21.8 Å². The van der Waals surface area contributed by atoms with Gasteiger partial charge in [-0.3, -0.25) is 4.18 Å². The second-order valence-corrected chi connectivity index (χ2v) is 5.08. The van der Waals surface area contributed by atoms with Crippen molar-refractivity contribution in [2.75, 3.05) is 13.2 Å². The van der Waals surface area contributed by atoms with Gasteiger partial charge in [-0.15, -0.1) is 0 Å². The number of rotatable bonds is 5. The molecule has 0 amide bonds. The lowest BCUT2D eigenvalue weighted by Gasteiger charge is -2.08. The predicted molar refractivity (Wildman–Crippen MR) is 57.7 cm³/mol. The Labute approximate surface area is 98.4 Å². The van der Waals surface area contributed by atoms with Gasteiger partial charge in [0, 0.05) is 5.02 Å². The van der Waals surface area contributed by atoms with Crippen molar-refractivity contribution in [1.82, 2.24) is 0 Å². The maximum Gasteiger partial charge on any atom is 0.297 e. The first kappa shape index (κ1) is 13.4. The molecule has 1 unspecified atom stereocenters. The van der Waals surface area contributed by atoms with Crippen molar-refractivity contribution >= 4 is 21.7 Å². The molecule has 90 valence electrons. The summed E-state index contributed by atoms with van der Waals surface area (Å²) in [5, 5.41) is 17.9. The zero-order chi connectivity index (χ0) is 12.2. The van der Waals surface area contributed by atoms with Crippen LogP contribution in [0.25, 0.3) is 0 Å². The van der Waals surface area contributed by atoms with E-state index >= 15 is 0 Å². The lowest BCUT2D eigenvalue weighted by molar-refractivity contribution is 0.0557. The Kier molecular flexibility index (Phi) is 4.69. The monoisotopic (exact) mass is 266 g/mol. The van der Waals surface area contributed by atoms with Gasteiger partial charge in [-0.05, 0) is 24.3 Å². The third kappa shape index (κ3) is 3.73. The van der Waals surface area contributed by atoms with Crippen LogP contribution in [0.5, 0.6) is 0 Å². The number of aliphatic hydroxyl groups is 2. The maximum atomic E-state index is 11.5. The summed E-state index contributed by atoms with van der Waals surface area (Å²) < 4.78 is 27.5. The number of hydrogen-bond acceptors (Lipinski definition) is 5. The third-order valence-corrected chi connectivity index (χ3v) is 3.28. The van der Waals surface area contributed by atoms with Crippen molar-refractivity contribution in [2.24, 2.45) is 0 Å². The summed E-state index contributed by atoms with van der Waals surface area (Å²) in [6, 6.07) is 5.42. The molecule has 0 spiro atoms. The Morgan fingerprint density at radius 1 is 1.31 bits per heavy atom. The minimum atomic E-state index is -3.91. The molecule has 2 N–H and O–H groups in total. The number of benzene rings is 1. The molecule has 0 saturated carbocycles. The number of aliphatic hydroxyl groups excluding tert-OH is 2. The lowest BCUT2D eigenvalue weighted by Crippen LogP contribution is -2.22. The van der Waals surface area contributed by atoms with E-state index in [1.54, 1.807) is 0 Å². The van der Waals surface area contributed by atoms with E-state index in [0.29, 0.717) is 5.02 Å². The molecule has 1 aromatic rings. The molecule has 0 aromatic heterocycles. The number of halogens is 1. The van der Waals surface area contributed by atoms with Crippen molar-refractivity contribution < 1.29 is 22.8 Å². The van der Waals surface area contributed by atoms with Crippen molar-refractivity contribution in [3.8, 4) is 0 Å². The van der Waals surface area contributed by atoms with Crippen LogP contribution in [-0.4, -0.2) is 37.9 Å². The minimum absolute atomic E-state index is 0.0537. The van der Waals surface area contributed by atoms with Crippen molar-refractivity contribution in [3.05, 3.63) is 29.3 Å². The molecular formula is C9H11ClO5S. The summed E-state index contributed by atoms with van der Waals surface area (Å²) in [5.74, 6) is 0. The van der Waals surface area contributed by atoms with Gasteiger partial charge in [0.05, 0.1) is 18.1 Å². The fourth-order valence-corrected chi connectivity index (χ4v) is 1.96. The van der Waals surface area contributed by atoms with Gasteiger partial charge in [0.2, 0.25) is 0 Å². The van der Waals surface area contributed by atoms with Crippen LogP contribution in [-0.2, 0) is 14.3 Å². The summed E-state index contributed by atoms with van der Waals surface area (Å²) >= 11 is 5.60. The molecule has 0 radical (unpaired) electrons. The van der Waals surface area contributed by atoms with Crippen molar-refractivity contribution in [3.63, 3.8) is 0 Å². The van der Waals surface area contributed by atoms with E-state index in [-0.39, 0.29) is 4.90 Å². The normalized spacial score (nSPS) is 13.7. The van der Waals surface area contributed by atoms with E-state index in [9.17, 15) is 8.42 Å². The van der Waals surface area contributed by atoms with Crippen LogP contribution in [0.1, 0.15) is 0 Å². The van der Waals surface area contributed by atoms with Gasteiger partial charge >= 0.3 is 0 Å². The second-order valence-electron chi connectivity index (χ2n) is 3.03. The Balaban J connectivity index is 2.74. The zero-order valence-corrected chi connectivity index (χ0v) is 9.78. The molecule has 0 bridgehead atoms. The molecule has 5 nitrogen and oxygen atoms in total. The van der Waals surface area contributed by atoms with Gasteiger partial charge < -0.3 is 10.2 Å². The lowest BCUT2D eigenvalue weighted by atomic mass is 10.4. The smallest absolute Gasteiger partial charge is 0.297 e. The summed E-state index contributed by atoms with van der Waals surface area (Å²) in [5.41, 5.74) is 0. The Morgan fingerprint density at radius 2 is 1.88 bits per heavy atom. The van der Waals surface area contributed by atoms with Gasteiger partial charge in [0.15, 0.2) is 0 Å². The molecule has 0 fully saturated rings. The van der Waals surface area contributed by atoms with Crippen LogP contribution in [0, 0.1) is 0 Å². The predicted octanol–water partition coefficient (Wildman–Crippen LogP) is 0.398. The van der Waals surface area contributed by atoms with Gasteiger partial charge in [0.25, 0.3) is 10.1 Å². The molecule has 1 aromatic carbocycles. The molecular weight excluding hydrogens is 256 g/mol. The fourth-order valence-electron chi connectivity index (χ4n) is 0.890. The SMILES string of the molecule is O=S(=O)(OCC(O)CO)c1ccc(Cl)cc1. The van der Waals surface area contributed by atoms with Crippen LogP contribution in [0.4, 0.5) is 0 Å². The molecule has 16 heavy (non-hydrogen) atoms. The first-order valence-electron chi connectivity index (χ1n) is 4.39. The topological polar surface area (TPSA) is 83.8 Å². The highest BCUT2D eigenvalue weighted by molar-refractivity contribution is 7.86. The Bertz CT molecular complexity index is 428. The Hall–Kier alpha value is -0.660. The summed E-state index contributed by atoms with van der Waals surface area (Å²) in [4.78, 5) is -0.0537. The molecule has 1 rings (SSSR count). The van der Waals surface area contributed by atoms with E-state index < -0.39 is 29.4 Å². The highest BCUT2D eigenvalue weighted by Gasteiger charge is 2.16. The molecule has 0 aliphatic carbocycles. The first-order chi connectivity index (χ1) is 7.45. The van der Waals surface area contributed by atoms with E-state index in [1.165, 1.54) is 24.3 Å².